The Kier molecular flexibility index (Phi) is 4.95. The molecule has 0 saturated carbocycles. The molecule has 1 aromatic rings. The van der Waals surface area contributed by atoms with E-state index in [2.05, 4.69) is 28.3 Å². The molecule has 0 bridgehead atoms. The number of nitrogens with one attached hydrogen (secondary N) is 1. The number of nitrogens with two attached hydrogens (primary N) is 1. The number of halogens is 2. The van der Waals surface area contributed by atoms with E-state index >= 15 is 0 Å². The molecule has 1 fully saturated rings. The van der Waals surface area contributed by atoms with Gasteiger partial charge in [0.05, 0.1) is 16.1 Å². The Balaban J connectivity index is 2.11. The Hall–Kier alpha value is -0.490. The maximum atomic E-state index is 13.2. The summed E-state index contributed by atoms with van der Waals surface area (Å²) in [4.78, 5) is 0. The molecule has 0 aliphatic carbocycles. The van der Waals surface area contributed by atoms with Gasteiger partial charge in [-0.05, 0) is 66.2 Å². The normalized spacial score (nSPS) is 25.3. The SMILES string of the molecule is CC1(C(Cc2ccc(F)c(Br)c2)NN)CCCCO1. The Morgan fingerprint density at radius 1 is 1.53 bits per heavy atom. The van der Waals surface area contributed by atoms with Gasteiger partial charge in [0.15, 0.2) is 0 Å². The predicted molar refractivity (Wildman–Crippen MR) is 77.1 cm³/mol. The van der Waals surface area contributed by atoms with E-state index in [1.165, 1.54) is 6.07 Å². The monoisotopic (exact) mass is 330 g/mol. The number of hydrogen-bond donors (Lipinski definition) is 2. The molecule has 1 aliphatic heterocycles. The van der Waals surface area contributed by atoms with Crippen LogP contribution in [0.4, 0.5) is 4.39 Å². The van der Waals surface area contributed by atoms with Crippen LogP contribution in [0.15, 0.2) is 22.7 Å². The Morgan fingerprint density at radius 3 is 2.89 bits per heavy atom. The number of hydrogen-bond acceptors (Lipinski definition) is 3. The van der Waals surface area contributed by atoms with Crippen molar-refractivity contribution in [3.05, 3.63) is 34.1 Å². The van der Waals surface area contributed by atoms with Crippen LogP contribution in [-0.4, -0.2) is 18.2 Å². The number of rotatable bonds is 4. The van der Waals surface area contributed by atoms with Crippen molar-refractivity contribution in [1.29, 1.82) is 0 Å². The van der Waals surface area contributed by atoms with Crippen LogP contribution in [0, 0.1) is 5.82 Å². The molecule has 5 heteroatoms. The minimum atomic E-state index is -0.256. The van der Waals surface area contributed by atoms with E-state index in [9.17, 15) is 4.39 Å². The molecule has 1 heterocycles. The van der Waals surface area contributed by atoms with Gasteiger partial charge in [-0.3, -0.25) is 11.3 Å². The highest BCUT2D eigenvalue weighted by molar-refractivity contribution is 9.10. The molecule has 2 rings (SSSR count). The van der Waals surface area contributed by atoms with Crippen molar-refractivity contribution in [2.75, 3.05) is 6.61 Å². The standard InChI is InChI=1S/C14H20BrFN2O/c1-14(6-2-3-7-19-14)13(18-17)9-10-4-5-12(16)11(15)8-10/h4-5,8,13,18H,2-3,6-7,9,17H2,1H3. The average Bonchev–Trinajstić information content (AvgIpc) is 2.40. The molecule has 19 heavy (non-hydrogen) atoms. The van der Waals surface area contributed by atoms with Crippen molar-refractivity contribution >= 4 is 15.9 Å². The average molecular weight is 331 g/mol. The van der Waals surface area contributed by atoms with Gasteiger partial charge < -0.3 is 4.74 Å². The summed E-state index contributed by atoms with van der Waals surface area (Å²) >= 11 is 3.21. The highest BCUT2D eigenvalue weighted by atomic mass is 79.9. The van der Waals surface area contributed by atoms with Crippen molar-refractivity contribution < 1.29 is 9.13 Å². The maximum Gasteiger partial charge on any atom is 0.137 e. The first-order valence-corrected chi connectivity index (χ1v) is 7.38. The summed E-state index contributed by atoms with van der Waals surface area (Å²) in [5.74, 6) is 5.44. The highest BCUT2D eigenvalue weighted by Gasteiger charge is 2.36. The third-order valence-electron chi connectivity index (χ3n) is 3.86. The van der Waals surface area contributed by atoms with Gasteiger partial charge in [0.1, 0.15) is 5.82 Å². The van der Waals surface area contributed by atoms with Crippen molar-refractivity contribution in [3.63, 3.8) is 0 Å². The van der Waals surface area contributed by atoms with Gasteiger partial charge in [0.25, 0.3) is 0 Å². The van der Waals surface area contributed by atoms with Crippen LogP contribution in [-0.2, 0) is 11.2 Å². The lowest BCUT2D eigenvalue weighted by Gasteiger charge is -2.40. The Morgan fingerprint density at radius 2 is 2.32 bits per heavy atom. The topological polar surface area (TPSA) is 47.3 Å². The van der Waals surface area contributed by atoms with Crippen LogP contribution >= 0.6 is 15.9 Å². The van der Waals surface area contributed by atoms with Crippen LogP contribution in [0.1, 0.15) is 31.7 Å². The molecule has 0 amide bonds. The molecule has 0 radical (unpaired) electrons. The molecule has 2 atom stereocenters. The first-order chi connectivity index (χ1) is 9.05. The lowest BCUT2D eigenvalue weighted by Crippen LogP contribution is -2.55. The van der Waals surface area contributed by atoms with E-state index in [1.54, 1.807) is 12.1 Å². The Bertz CT molecular complexity index is 435. The summed E-state index contributed by atoms with van der Waals surface area (Å²) < 4.78 is 19.6. The number of ether oxygens (including phenoxy) is 1. The third-order valence-corrected chi connectivity index (χ3v) is 4.47. The van der Waals surface area contributed by atoms with Crippen LogP contribution < -0.4 is 11.3 Å². The molecule has 3 nitrogen and oxygen atoms in total. The zero-order valence-corrected chi connectivity index (χ0v) is 12.7. The predicted octanol–water partition coefficient (Wildman–Crippen LogP) is 2.92. The number of hydrazine groups is 1. The van der Waals surface area contributed by atoms with Crippen LogP contribution in [0.3, 0.4) is 0 Å². The summed E-state index contributed by atoms with van der Waals surface area (Å²) in [5, 5.41) is 0. The minimum absolute atomic E-state index is 0.0187. The molecule has 0 spiro atoms. The molecule has 1 saturated heterocycles. The van der Waals surface area contributed by atoms with E-state index < -0.39 is 0 Å². The van der Waals surface area contributed by atoms with Gasteiger partial charge in [-0.25, -0.2) is 4.39 Å². The van der Waals surface area contributed by atoms with E-state index in [1.807, 2.05) is 0 Å². The molecule has 0 aromatic heterocycles. The van der Waals surface area contributed by atoms with Gasteiger partial charge in [0.2, 0.25) is 0 Å². The third kappa shape index (κ3) is 3.54. The van der Waals surface area contributed by atoms with Crippen molar-refractivity contribution in [1.82, 2.24) is 5.43 Å². The molecule has 1 aromatic carbocycles. The van der Waals surface area contributed by atoms with Crippen LogP contribution in [0.25, 0.3) is 0 Å². The second-order valence-corrected chi connectivity index (χ2v) is 6.14. The van der Waals surface area contributed by atoms with Gasteiger partial charge in [-0.15, -0.1) is 0 Å². The van der Waals surface area contributed by atoms with Gasteiger partial charge in [-0.1, -0.05) is 6.07 Å². The summed E-state index contributed by atoms with van der Waals surface area (Å²) in [6.07, 6.45) is 3.97. The van der Waals surface area contributed by atoms with Crippen molar-refractivity contribution in [2.45, 2.75) is 44.2 Å². The summed E-state index contributed by atoms with van der Waals surface area (Å²) in [7, 11) is 0. The fourth-order valence-electron chi connectivity index (χ4n) is 2.58. The molecular weight excluding hydrogens is 311 g/mol. The fraction of sp³-hybridized carbons (Fsp3) is 0.571. The smallest absolute Gasteiger partial charge is 0.137 e. The molecule has 3 N–H and O–H groups in total. The number of benzene rings is 1. The largest absolute Gasteiger partial charge is 0.374 e. The van der Waals surface area contributed by atoms with E-state index in [4.69, 9.17) is 10.6 Å². The summed E-state index contributed by atoms with van der Waals surface area (Å²) in [6, 6.07) is 5.07. The second kappa shape index (κ2) is 6.31. The first kappa shape index (κ1) is 14.9. The minimum Gasteiger partial charge on any atom is -0.374 e. The molecule has 106 valence electrons. The lowest BCUT2D eigenvalue weighted by atomic mass is 9.85. The highest BCUT2D eigenvalue weighted by Crippen LogP contribution is 2.30. The summed E-state index contributed by atoms with van der Waals surface area (Å²) in [5.41, 5.74) is 3.64. The fourth-order valence-corrected chi connectivity index (χ4v) is 3.01. The Labute approximate surface area is 121 Å². The van der Waals surface area contributed by atoms with Gasteiger partial charge in [0, 0.05) is 6.61 Å². The summed E-state index contributed by atoms with van der Waals surface area (Å²) in [6.45, 7) is 2.87. The van der Waals surface area contributed by atoms with Gasteiger partial charge in [-0.2, -0.15) is 0 Å². The maximum absolute atomic E-state index is 13.2. The zero-order chi connectivity index (χ0) is 13.9. The second-order valence-electron chi connectivity index (χ2n) is 5.29. The molecular formula is C14H20BrFN2O. The quantitative estimate of drug-likeness (QED) is 0.659. The van der Waals surface area contributed by atoms with Crippen LogP contribution in [0.2, 0.25) is 0 Å². The van der Waals surface area contributed by atoms with E-state index in [0.717, 1.165) is 31.4 Å². The van der Waals surface area contributed by atoms with E-state index in [0.29, 0.717) is 10.9 Å². The molecule has 2 unspecified atom stereocenters. The van der Waals surface area contributed by atoms with Gasteiger partial charge >= 0.3 is 0 Å². The first-order valence-electron chi connectivity index (χ1n) is 6.59. The van der Waals surface area contributed by atoms with Crippen molar-refractivity contribution in [3.8, 4) is 0 Å². The van der Waals surface area contributed by atoms with E-state index in [-0.39, 0.29) is 17.5 Å². The lowest BCUT2D eigenvalue weighted by molar-refractivity contribution is -0.0884. The zero-order valence-electron chi connectivity index (χ0n) is 11.1. The van der Waals surface area contributed by atoms with Crippen molar-refractivity contribution in [2.24, 2.45) is 5.84 Å². The molecule has 1 aliphatic rings. The van der Waals surface area contributed by atoms with Crippen LogP contribution in [0.5, 0.6) is 0 Å².